The van der Waals surface area contributed by atoms with E-state index in [4.69, 9.17) is 0 Å². The summed E-state index contributed by atoms with van der Waals surface area (Å²) in [7, 11) is 0. The summed E-state index contributed by atoms with van der Waals surface area (Å²) >= 11 is 0. The molecule has 1 aliphatic rings. The summed E-state index contributed by atoms with van der Waals surface area (Å²) in [5, 5.41) is 2.93. The molecule has 0 saturated carbocycles. The van der Waals surface area contributed by atoms with Gasteiger partial charge >= 0.3 is 0 Å². The van der Waals surface area contributed by atoms with Gasteiger partial charge in [-0.2, -0.15) is 0 Å². The fraction of sp³-hybridized carbons (Fsp3) is 0. The van der Waals surface area contributed by atoms with Crippen molar-refractivity contribution in [2.24, 2.45) is 0 Å². The average Bonchev–Trinajstić information content (AvgIpc) is 2.87. The summed E-state index contributed by atoms with van der Waals surface area (Å²) in [5.74, 6) is -0.532. The van der Waals surface area contributed by atoms with Crippen molar-refractivity contribution in [3.8, 4) is 0 Å². The number of nitrogens with zero attached hydrogens (tertiary/aromatic N) is 1. The maximum absolute atomic E-state index is 12.1. The smallest absolute Gasteiger partial charge is 0.227 e. The molecule has 5 heteroatoms. The van der Waals surface area contributed by atoms with Crippen LogP contribution in [-0.2, 0) is 0 Å². The van der Waals surface area contributed by atoms with Crippen molar-refractivity contribution in [2.75, 3.05) is 5.32 Å². The zero-order chi connectivity index (χ0) is 12.5. The molecule has 1 aromatic carbocycles. The van der Waals surface area contributed by atoms with E-state index in [2.05, 4.69) is 15.3 Å². The first-order chi connectivity index (χ1) is 8.75. The lowest BCUT2D eigenvalue weighted by atomic mass is 10.0. The Morgan fingerprint density at radius 1 is 1.11 bits per heavy atom. The van der Waals surface area contributed by atoms with Crippen molar-refractivity contribution in [1.82, 2.24) is 9.97 Å². The number of fused-ring (bicyclic) bond motifs is 1. The number of hydrogen-bond donors (Lipinski definition) is 2. The molecule has 1 aliphatic carbocycles. The van der Waals surface area contributed by atoms with Crippen LogP contribution in [0, 0.1) is 0 Å². The lowest BCUT2D eigenvalue weighted by Gasteiger charge is -2.12. The van der Waals surface area contributed by atoms with Crippen LogP contribution >= 0.6 is 0 Å². The molecular weight excluding hydrogens is 230 g/mol. The molecule has 0 fully saturated rings. The van der Waals surface area contributed by atoms with Gasteiger partial charge in [0.2, 0.25) is 11.6 Å². The Hall–Kier alpha value is -2.69. The Balaban J connectivity index is 1.95. The summed E-state index contributed by atoms with van der Waals surface area (Å²) in [6, 6.07) is 9.21. The fourth-order valence-corrected chi connectivity index (χ4v) is 1.82. The number of allylic oxidation sites excluding steroid dienone is 2. The van der Waals surface area contributed by atoms with Crippen LogP contribution in [0.3, 0.4) is 0 Å². The quantitative estimate of drug-likeness (QED) is 0.837. The highest BCUT2D eigenvalue weighted by Crippen LogP contribution is 2.19. The second-order valence-electron chi connectivity index (χ2n) is 3.87. The highest BCUT2D eigenvalue weighted by molar-refractivity contribution is 6.23. The highest BCUT2D eigenvalue weighted by Gasteiger charge is 2.27. The van der Waals surface area contributed by atoms with Crippen molar-refractivity contribution in [3.05, 3.63) is 59.8 Å². The first kappa shape index (κ1) is 10.5. The van der Waals surface area contributed by atoms with Gasteiger partial charge in [0, 0.05) is 11.8 Å². The number of hydrogen-bond acceptors (Lipinski definition) is 4. The molecule has 0 unspecified atom stereocenters. The number of ketones is 2. The number of benzene rings is 1. The Morgan fingerprint density at radius 2 is 1.89 bits per heavy atom. The lowest BCUT2D eigenvalue weighted by molar-refractivity contribution is 0.0980. The van der Waals surface area contributed by atoms with Crippen molar-refractivity contribution in [3.63, 3.8) is 0 Å². The number of carbonyl (C=O) groups excluding carboxylic acids is 2. The predicted octanol–water partition coefficient (Wildman–Crippen LogP) is 1.78. The van der Waals surface area contributed by atoms with E-state index < -0.39 is 0 Å². The van der Waals surface area contributed by atoms with Crippen LogP contribution in [0.1, 0.15) is 21.0 Å². The molecule has 1 heterocycles. The zero-order valence-electron chi connectivity index (χ0n) is 9.31. The molecule has 0 amide bonds. The SMILES string of the molecule is O=C1C=C(Nc2ccccc2)C(=O)c2[nH]cnc21. The van der Waals surface area contributed by atoms with Crippen LogP contribution in [0.25, 0.3) is 0 Å². The second kappa shape index (κ2) is 3.96. The Kier molecular flexibility index (Phi) is 2.30. The molecular formula is C13H9N3O2. The van der Waals surface area contributed by atoms with Crippen LogP contribution < -0.4 is 5.32 Å². The minimum Gasteiger partial charge on any atom is -0.352 e. The highest BCUT2D eigenvalue weighted by atomic mass is 16.1. The number of Topliss-reactive ketones (excluding diaryl/α,β-unsaturated/α-hetero) is 1. The fourth-order valence-electron chi connectivity index (χ4n) is 1.82. The van der Waals surface area contributed by atoms with Gasteiger partial charge in [0.25, 0.3) is 0 Å². The number of rotatable bonds is 2. The normalized spacial score (nSPS) is 14.1. The van der Waals surface area contributed by atoms with E-state index in [9.17, 15) is 9.59 Å². The molecule has 0 bridgehead atoms. The number of carbonyl (C=O) groups is 2. The number of anilines is 1. The van der Waals surface area contributed by atoms with Crippen molar-refractivity contribution >= 4 is 17.3 Å². The third kappa shape index (κ3) is 1.62. The molecule has 2 aromatic rings. The van der Waals surface area contributed by atoms with Gasteiger partial charge in [-0.15, -0.1) is 0 Å². The molecule has 0 spiro atoms. The van der Waals surface area contributed by atoms with E-state index in [0.29, 0.717) is 0 Å². The maximum Gasteiger partial charge on any atom is 0.227 e. The number of H-pyrrole nitrogens is 1. The largest absolute Gasteiger partial charge is 0.352 e. The van der Waals surface area contributed by atoms with E-state index in [0.717, 1.165) is 5.69 Å². The van der Waals surface area contributed by atoms with Crippen LogP contribution in [-0.4, -0.2) is 21.5 Å². The van der Waals surface area contributed by atoms with Crippen molar-refractivity contribution in [2.45, 2.75) is 0 Å². The third-order valence-corrected chi connectivity index (χ3v) is 2.67. The molecule has 0 aliphatic heterocycles. The molecule has 3 rings (SSSR count). The lowest BCUT2D eigenvalue weighted by Crippen LogP contribution is -2.21. The monoisotopic (exact) mass is 239 g/mol. The van der Waals surface area contributed by atoms with Crippen LogP contribution in [0.5, 0.6) is 0 Å². The van der Waals surface area contributed by atoms with Gasteiger partial charge < -0.3 is 10.3 Å². The van der Waals surface area contributed by atoms with Gasteiger partial charge in [0.15, 0.2) is 0 Å². The topological polar surface area (TPSA) is 74.8 Å². The van der Waals surface area contributed by atoms with Gasteiger partial charge in [0.1, 0.15) is 11.4 Å². The Morgan fingerprint density at radius 3 is 2.67 bits per heavy atom. The average molecular weight is 239 g/mol. The standard InChI is InChI=1S/C13H9N3O2/c17-10-6-9(16-8-4-2-1-3-5-8)13(18)12-11(10)14-7-15-12/h1-7,16H,(H,14,15). The Labute approximate surface area is 103 Å². The van der Waals surface area contributed by atoms with Gasteiger partial charge in [-0.25, -0.2) is 4.98 Å². The molecule has 88 valence electrons. The van der Waals surface area contributed by atoms with E-state index in [-0.39, 0.29) is 28.7 Å². The van der Waals surface area contributed by atoms with Gasteiger partial charge in [-0.1, -0.05) is 18.2 Å². The van der Waals surface area contributed by atoms with E-state index in [1.807, 2.05) is 30.3 Å². The first-order valence-corrected chi connectivity index (χ1v) is 5.42. The molecule has 1 aromatic heterocycles. The summed E-state index contributed by atoms with van der Waals surface area (Å²) in [4.78, 5) is 30.3. The Bertz CT molecular complexity index is 656. The summed E-state index contributed by atoms with van der Waals surface area (Å²) in [6.45, 7) is 0. The second-order valence-corrected chi connectivity index (χ2v) is 3.87. The summed E-state index contributed by atoms with van der Waals surface area (Å²) in [5.41, 5.74) is 1.43. The number of aromatic nitrogens is 2. The molecule has 0 atom stereocenters. The van der Waals surface area contributed by atoms with E-state index >= 15 is 0 Å². The van der Waals surface area contributed by atoms with Crippen molar-refractivity contribution < 1.29 is 9.59 Å². The van der Waals surface area contributed by atoms with E-state index in [1.165, 1.54) is 12.4 Å². The first-order valence-electron chi connectivity index (χ1n) is 5.42. The van der Waals surface area contributed by atoms with Crippen LogP contribution in [0.2, 0.25) is 0 Å². The van der Waals surface area contributed by atoms with Gasteiger partial charge in [-0.05, 0) is 12.1 Å². The van der Waals surface area contributed by atoms with Crippen molar-refractivity contribution in [1.29, 1.82) is 0 Å². The summed E-state index contributed by atoms with van der Waals surface area (Å²) < 4.78 is 0. The predicted molar refractivity (Wildman–Crippen MR) is 65.4 cm³/mol. The number of aromatic amines is 1. The maximum atomic E-state index is 12.1. The molecule has 2 N–H and O–H groups in total. The minimum absolute atomic E-state index is 0.179. The van der Waals surface area contributed by atoms with Gasteiger partial charge in [0.05, 0.1) is 12.0 Å². The molecule has 0 saturated heterocycles. The molecule has 5 nitrogen and oxygen atoms in total. The van der Waals surface area contributed by atoms with Gasteiger partial charge in [-0.3, -0.25) is 9.59 Å². The van der Waals surface area contributed by atoms with Crippen LogP contribution in [0.15, 0.2) is 48.4 Å². The minimum atomic E-state index is -0.274. The summed E-state index contributed by atoms with van der Waals surface area (Å²) in [6.07, 6.45) is 2.62. The molecule has 18 heavy (non-hydrogen) atoms. The van der Waals surface area contributed by atoms with E-state index in [1.54, 1.807) is 0 Å². The third-order valence-electron chi connectivity index (χ3n) is 2.67. The number of nitrogens with one attached hydrogen (secondary N) is 2. The molecule has 0 radical (unpaired) electrons. The zero-order valence-corrected chi connectivity index (χ0v) is 9.31. The number of imidazole rings is 1. The number of para-hydroxylation sites is 1. The van der Waals surface area contributed by atoms with Crippen LogP contribution in [0.4, 0.5) is 5.69 Å².